The van der Waals surface area contributed by atoms with Crippen LogP contribution in [0.25, 0.3) is 16.6 Å². The van der Waals surface area contributed by atoms with Gasteiger partial charge in [-0.2, -0.15) is 10.4 Å². The molecule has 7 rings (SSSR count). The van der Waals surface area contributed by atoms with Gasteiger partial charge in [0.25, 0.3) is 0 Å². The van der Waals surface area contributed by atoms with Gasteiger partial charge in [-0.05, 0) is 38.5 Å². The van der Waals surface area contributed by atoms with E-state index >= 15 is 0 Å². The fourth-order valence-corrected chi connectivity index (χ4v) is 5.32. The summed E-state index contributed by atoms with van der Waals surface area (Å²) >= 11 is 0. The van der Waals surface area contributed by atoms with Crippen molar-refractivity contribution in [2.24, 2.45) is 0 Å². The highest BCUT2D eigenvalue weighted by Crippen LogP contribution is 2.36. The fourth-order valence-electron chi connectivity index (χ4n) is 5.32. The Morgan fingerprint density at radius 1 is 1.10 bits per heavy atom. The summed E-state index contributed by atoms with van der Waals surface area (Å²) in [6.07, 6.45) is 9.72. The number of nitrogens with zero attached hydrogens (tertiary/aromatic N) is 8. The lowest BCUT2D eigenvalue weighted by Gasteiger charge is -2.56. The Labute approximate surface area is 226 Å². The molecule has 3 aliphatic rings. The molecular weight excluding hydrogens is 496 g/mol. The lowest BCUT2D eigenvalue weighted by Crippen LogP contribution is -2.68. The maximum Gasteiger partial charge on any atom is 0.231 e. The summed E-state index contributed by atoms with van der Waals surface area (Å²) in [7, 11) is 1.59. The van der Waals surface area contributed by atoms with E-state index in [1.54, 1.807) is 50.3 Å². The maximum absolute atomic E-state index is 10.1. The molecule has 2 unspecified atom stereocenters. The highest BCUT2D eigenvalue weighted by molar-refractivity contribution is 5.85. The van der Waals surface area contributed by atoms with E-state index < -0.39 is 5.60 Å². The van der Waals surface area contributed by atoms with Crippen LogP contribution in [0.2, 0.25) is 0 Å². The van der Waals surface area contributed by atoms with Gasteiger partial charge in [-0.15, -0.1) is 0 Å². The van der Waals surface area contributed by atoms with Crippen LogP contribution >= 0.6 is 0 Å². The molecule has 2 atom stereocenters. The van der Waals surface area contributed by atoms with Crippen molar-refractivity contribution in [1.82, 2.24) is 29.5 Å². The van der Waals surface area contributed by atoms with Crippen molar-refractivity contribution in [1.29, 1.82) is 5.26 Å². The van der Waals surface area contributed by atoms with E-state index in [9.17, 15) is 10.4 Å². The van der Waals surface area contributed by atoms with Gasteiger partial charge in [0.1, 0.15) is 24.2 Å². The SMILES string of the molecule is COc1cnc(CN2C3CC2CN(c2ccc(-c4cc(OCC(C)(C)O)cn5ncc(C#N)c45)cn2)C3)cn1. The predicted octanol–water partition coefficient (Wildman–Crippen LogP) is 2.68. The number of piperazine rings is 1. The lowest BCUT2D eigenvalue weighted by atomic mass is 9.87. The normalized spacial score (nSPS) is 19.0. The van der Waals surface area contributed by atoms with Gasteiger partial charge < -0.3 is 19.5 Å². The zero-order chi connectivity index (χ0) is 27.1. The summed E-state index contributed by atoms with van der Waals surface area (Å²) in [5.74, 6) is 2.00. The summed E-state index contributed by atoms with van der Waals surface area (Å²) < 4.78 is 12.6. The number of rotatable bonds is 8. The third-order valence-electron chi connectivity index (χ3n) is 7.26. The summed E-state index contributed by atoms with van der Waals surface area (Å²) in [5.41, 5.74) is 2.78. The average molecular weight is 527 g/mol. The molecule has 4 aromatic heterocycles. The molecule has 3 fully saturated rings. The number of anilines is 1. The van der Waals surface area contributed by atoms with E-state index in [1.807, 2.05) is 24.4 Å². The van der Waals surface area contributed by atoms with Gasteiger partial charge in [-0.3, -0.25) is 9.88 Å². The molecule has 2 bridgehead atoms. The first-order valence-electron chi connectivity index (χ1n) is 12.9. The smallest absolute Gasteiger partial charge is 0.231 e. The zero-order valence-electron chi connectivity index (χ0n) is 22.2. The molecule has 0 saturated carbocycles. The molecule has 0 aromatic carbocycles. The standard InChI is InChI=1S/C28H30N8O3/c1-28(2,37)17-39-23-7-24(27-19(8-29)10-33-36(27)16-23)18-4-5-25(31-9-18)34-14-21-6-22(15-34)35(21)13-20-11-32-26(38-3)12-30-20/h4-5,7,9-12,16,21-22,37H,6,13-15,17H2,1-3H3. The Hall–Kier alpha value is -4.27. The van der Waals surface area contributed by atoms with Crippen LogP contribution in [-0.4, -0.2) is 79.1 Å². The van der Waals surface area contributed by atoms with Crippen molar-refractivity contribution in [3.63, 3.8) is 0 Å². The number of pyridine rings is 2. The minimum absolute atomic E-state index is 0.126. The Morgan fingerprint density at radius 2 is 1.92 bits per heavy atom. The highest BCUT2D eigenvalue weighted by atomic mass is 16.5. The molecule has 0 radical (unpaired) electrons. The van der Waals surface area contributed by atoms with Gasteiger partial charge in [0.15, 0.2) is 0 Å². The number of fused-ring (bicyclic) bond motifs is 3. The van der Waals surface area contributed by atoms with Crippen LogP contribution < -0.4 is 14.4 Å². The molecule has 7 heterocycles. The molecular formula is C28H30N8O3. The van der Waals surface area contributed by atoms with E-state index in [4.69, 9.17) is 14.5 Å². The van der Waals surface area contributed by atoms with E-state index in [0.29, 0.717) is 34.8 Å². The second kappa shape index (κ2) is 9.80. The quantitative estimate of drug-likeness (QED) is 0.366. The first-order chi connectivity index (χ1) is 18.8. The van der Waals surface area contributed by atoms with Gasteiger partial charge in [-0.1, -0.05) is 0 Å². The Morgan fingerprint density at radius 3 is 2.56 bits per heavy atom. The van der Waals surface area contributed by atoms with Crippen LogP contribution in [0.3, 0.4) is 0 Å². The molecule has 0 amide bonds. The first kappa shape index (κ1) is 25.0. The van der Waals surface area contributed by atoms with Crippen molar-refractivity contribution in [3.05, 3.63) is 60.4 Å². The third-order valence-corrected chi connectivity index (χ3v) is 7.26. The molecule has 0 aliphatic carbocycles. The van der Waals surface area contributed by atoms with Crippen molar-refractivity contribution >= 4 is 11.3 Å². The van der Waals surface area contributed by atoms with Gasteiger partial charge in [0.2, 0.25) is 5.88 Å². The van der Waals surface area contributed by atoms with Crippen molar-refractivity contribution < 1.29 is 14.6 Å². The number of piperidine rings is 1. The highest BCUT2D eigenvalue weighted by Gasteiger charge is 2.44. The first-order valence-corrected chi connectivity index (χ1v) is 12.9. The molecule has 11 nitrogen and oxygen atoms in total. The summed E-state index contributed by atoms with van der Waals surface area (Å²) in [6.45, 7) is 6.08. The van der Waals surface area contributed by atoms with Crippen LogP contribution in [0, 0.1) is 11.3 Å². The largest absolute Gasteiger partial charge is 0.489 e. The van der Waals surface area contributed by atoms with Crippen molar-refractivity contribution in [3.8, 4) is 28.8 Å². The minimum Gasteiger partial charge on any atom is -0.489 e. The number of ether oxygens (including phenoxy) is 2. The Bertz CT molecular complexity index is 1510. The minimum atomic E-state index is -0.979. The fraction of sp³-hybridized carbons (Fsp3) is 0.393. The summed E-state index contributed by atoms with van der Waals surface area (Å²) in [4.78, 5) is 18.4. The number of hydrogen-bond donors (Lipinski definition) is 1. The Balaban J connectivity index is 1.19. The summed E-state index contributed by atoms with van der Waals surface area (Å²) in [5, 5.41) is 24.1. The second-order valence-electron chi connectivity index (χ2n) is 10.7. The molecule has 39 heavy (non-hydrogen) atoms. The van der Waals surface area contributed by atoms with Crippen molar-refractivity contribution in [2.45, 2.75) is 44.5 Å². The van der Waals surface area contributed by atoms with Crippen LogP contribution in [0.15, 0.2) is 49.2 Å². The maximum atomic E-state index is 10.1. The van der Waals surface area contributed by atoms with E-state index in [1.165, 1.54) is 6.42 Å². The Kier molecular flexibility index (Phi) is 6.29. The van der Waals surface area contributed by atoms with Gasteiger partial charge in [-0.25, -0.2) is 14.5 Å². The second-order valence-corrected chi connectivity index (χ2v) is 10.7. The molecule has 3 aliphatic heterocycles. The van der Waals surface area contributed by atoms with E-state index in [-0.39, 0.29) is 6.61 Å². The van der Waals surface area contributed by atoms with Crippen molar-refractivity contribution in [2.75, 3.05) is 31.7 Å². The zero-order valence-corrected chi connectivity index (χ0v) is 22.2. The predicted molar refractivity (Wildman–Crippen MR) is 143 cm³/mol. The topological polar surface area (TPSA) is 125 Å². The number of aliphatic hydroxyl groups is 1. The number of hydrogen-bond acceptors (Lipinski definition) is 10. The van der Waals surface area contributed by atoms with Crippen LogP contribution in [0.1, 0.15) is 31.5 Å². The monoisotopic (exact) mass is 526 g/mol. The van der Waals surface area contributed by atoms with Gasteiger partial charge in [0, 0.05) is 49.0 Å². The number of nitriles is 1. The number of methoxy groups -OCH3 is 1. The van der Waals surface area contributed by atoms with E-state index in [2.05, 4.69) is 30.9 Å². The lowest BCUT2D eigenvalue weighted by molar-refractivity contribution is -0.00979. The third kappa shape index (κ3) is 4.96. The molecule has 3 saturated heterocycles. The van der Waals surface area contributed by atoms with Gasteiger partial charge in [0.05, 0.1) is 54.3 Å². The summed E-state index contributed by atoms with van der Waals surface area (Å²) in [6, 6.07) is 9.04. The van der Waals surface area contributed by atoms with E-state index in [0.717, 1.165) is 42.3 Å². The molecule has 200 valence electrons. The van der Waals surface area contributed by atoms with Crippen LogP contribution in [0.5, 0.6) is 11.6 Å². The molecule has 4 aromatic rings. The average Bonchev–Trinajstić information content (AvgIpc) is 3.37. The van der Waals surface area contributed by atoms with Gasteiger partial charge >= 0.3 is 0 Å². The van der Waals surface area contributed by atoms with Crippen LogP contribution in [-0.2, 0) is 6.54 Å². The number of aromatic nitrogens is 5. The molecule has 1 N–H and O–H groups in total. The molecule has 0 spiro atoms. The van der Waals surface area contributed by atoms with Crippen LogP contribution in [0.4, 0.5) is 5.82 Å². The molecule has 11 heteroatoms.